The van der Waals surface area contributed by atoms with Gasteiger partial charge in [0.05, 0.1) is 11.7 Å². The number of benzene rings is 2. The fourth-order valence-corrected chi connectivity index (χ4v) is 2.12. The van der Waals surface area contributed by atoms with Gasteiger partial charge in [-0.1, -0.05) is 30.3 Å². The van der Waals surface area contributed by atoms with Crippen LogP contribution in [0.3, 0.4) is 0 Å². The lowest BCUT2D eigenvalue weighted by atomic mass is 10.1. The van der Waals surface area contributed by atoms with Crippen molar-refractivity contribution in [2.24, 2.45) is 0 Å². The van der Waals surface area contributed by atoms with E-state index in [4.69, 9.17) is 9.47 Å². The minimum absolute atomic E-state index is 0.0345. The first-order chi connectivity index (χ1) is 12.4. The van der Waals surface area contributed by atoms with Gasteiger partial charge in [0.15, 0.2) is 5.78 Å². The summed E-state index contributed by atoms with van der Waals surface area (Å²) < 4.78 is 10.4. The lowest BCUT2D eigenvalue weighted by molar-refractivity contribution is -0.143. The normalized spacial score (nSPS) is 11.2. The second kappa shape index (κ2) is 8.76. The van der Waals surface area contributed by atoms with E-state index in [-0.39, 0.29) is 17.5 Å². The third-order valence-electron chi connectivity index (χ3n) is 3.35. The molecule has 0 aliphatic carbocycles. The minimum atomic E-state index is -0.660. The van der Waals surface area contributed by atoms with Gasteiger partial charge in [-0.15, -0.1) is 0 Å². The van der Waals surface area contributed by atoms with Gasteiger partial charge in [-0.05, 0) is 56.7 Å². The molecule has 0 aliphatic heterocycles. The van der Waals surface area contributed by atoms with E-state index in [0.717, 1.165) is 0 Å². The fraction of sp³-hybridized carbons (Fsp3) is 0.190. The van der Waals surface area contributed by atoms with Crippen molar-refractivity contribution in [1.29, 1.82) is 0 Å². The van der Waals surface area contributed by atoms with Gasteiger partial charge in [-0.25, -0.2) is 9.59 Å². The van der Waals surface area contributed by atoms with Crippen LogP contribution in [-0.2, 0) is 14.3 Å². The molecule has 134 valence electrons. The summed E-state index contributed by atoms with van der Waals surface area (Å²) >= 11 is 0. The van der Waals surface area contributed by atoms with E-state index in [0.29, 0.717) is 16.9 Å². The molecule has 0 unspecified atom stereocenters. The molecular formula is C21H20O5. The molecular weight excluding hydrogens is 332 g/mol. The fourth-order valence-electron chi connectivity index (χ4n) is 2.12. The van der Waals surface area contributed by atoms with Crippen LogP contribution in [0.25, 0.3) is 6.08 Å². The molecule has 0 N–H and O–H groups in total. The van der Waals surface area contributed by atoms with E-state index < -0.39 is 11.9 Å². The molecule has 26 heavy (non-hydrogen) atoms. The summed E-state index contributed by atoms with van der Waals surface area (Å²) in [5.74, 6) is -1.13. The highest BCUT2D eigenvalue weighted by molar-refractivity contribution is 6.19. The summed E-state index contributed by atoms with van der Waals surface area (Å²) in [6.45, 7) is 4.74. The van der Waals surface area contributed by atoms with E-state index in [1.54, 1.807) is 62.4 Å². The maximum absolute atomic E-state index is 12.0. The van der Waals surface area contributed by atoms with Crippen LogP contribution in [0.4, 0.5) is 0 Å². The average molecular weight is 352 g/mol. The molecule has 0 spiro atoms. The monoisotopic (exact) mass is 352 g/mol. The summed E-state index contributed by atoms with van der Waals surface area (Å²) in [5.41, 5.74) is 1.04. The van der Waals surface area contributed by atoms with Crippen LogP contribution in [0, 0.1) is 0 Å². The predicted molar refractivity (Wildman–Crippen MR) is 97.7 cm³/mol. The number of ether oxygens (including phenoxy) is 2. The number of rotatable bonds is 6. The number of ketones is 1. The molecule has 0 bridgehead atoms. The van der Waals surface area contributed by atoms with Crippen molar-refractivity contribution < 1.29 is 23.9 Å². The number of hydrogen-bond acceptors (Lipinski definition) is 5. The zero-order valence-electron chi connectivity index (χ0n) is 14.9. The van der Waals surface area contributed by atoms with Crippen molar-refractivity contribution in [3.63, 3.8) is 0 Å². The van der Waals surface area contributed by atoms with Gasteiger partial charge < -0.3 is 9.47 Å². The zero-order chi connectivity index (χ0) is 19.1. The maximum Gasteiger partial charge on any atom is 0.343 e. The molecule has 2 aromatic rings. The molecule has 0 fully saturated rings. The van der Waals surface area contributed by atoms with E-state index in [1.807, 2.05) is 6.07 Å². The van der Waals surface area contributed by atoms with Crippen molar-refractivity contribution in [2.75, 3.05) is 0 Å². The van der Waals surface area contributed by atoms with Gasteiger partial charge in [-0.2, -0.15) is 0 Å². The molecule has 0 atom stereocenters. The van der Waals surface area contributed by atoms with Gasteiger partial charge >= 0.3 is 11.9 Å². The summed E-state index contributed by atoms with van der Waals surface area (Å²) in [5, 5.41) is 0. The van der Waals surface area contributed by atoms with Crippen LogP contribution in [0.1, 0.15) is 36.7 Å². The second-order valence-corrected chi connectivity index (χ2v) is 5.89. The Balaban J connectivity index is 2.13. The molecule has 2 aromatic carbocycles. The van der Waals surface area contributed by atoms with Crippen molar-refractivity contribution >= 4 is 23.8 Å². The molecule has 0 heterocycles. The summed E-state index contributed by atoms with van der Waals surface area (Å²) in [4.78, 5) is 35.7. The highest BCUT2D eigenvalue weighted by Crippen LogP contribution is 2.17. The topological polar surface area (TPSA) is 69.7 Å². The van der Waals surface area contributed by atoms with Crippen molar-refractivity contribution in [3.8, 4) is 5.75 Å². The van der Waals surface area contributed by atoms with E-state index >= 15 is 0 Å². The van der Waals surface area contributed by atoms with Crippen LogP contribution in [0.15, 0.2) is 60.2 Å². The predicted octanol–water partition coefficient (Wildman–Crippen LogP) is 3.83. The first kappa shape index (κ1) is 19.1. The Morgan fingerprint density at radius 1 is 0.923 bits per heavy atom. The quantitative estimate of drug-likeness (QED) is 0.260. The van der Waals surface area contributed by atoms with Gasteiger partial charge in [0.2, 0.25) is 0 Å². The molecule has 5 nitrogen and oxygen atoms in total. The minimum Gasteiger partial charge on any atom is -0.459 e. The first-order valence-corrected chi connectivity index (χ1v) is 8.17. The van der Waals surface area contributed by atoms with Crippen LogP contribution in [-0.4, -0.2) is 23.8 Å². The molecule has 0 aromatic heterocycles. The highest BCUT2D eigenvalue weighted by Gasteiger charge is 2.17. The lowest BCUT2D eigenvalue weighted by Gasteiger charge is -2.09. The summed E-state index contributed by atoms with van der Waals surface area (Å²) in [6.07, 6.45) is 1.14. The number of carbonyl (C=O) groups excluding carboxylic acids is 3. The Labute approximate surface area is 152 Å². The van der Waals surface area contributed by atoms with E-state index in [1.165, 1.54) is 13.0 Å². The smallest absolute Gasteiger partial charge is 0.343 e. The maximum atomic E-state index is 12.0. The number of Topliss-reactive ketones (excluding diaryl/α,β-unsaturated/α-hetero) is 1. The SMILES string of the molecule is CC(=O)/C(=C\c1ccc(OC(=O)c2ccccc2)cc1)C(=O)OC(C)C. The third-order valence-corrected chi connectivity index (χ3v) is 3.35. The van der Waals surface area contributed by atoms with Crippen molar-refractivity contribution in [2.45, 2.75) is 26.9 Å². The molecule has 5 heteroatoms. The average Bonchev–Trinajstić information content (AvgIpc) is 2.60. The largest absolute Gasteiger partial charge is 0.459 e. The first-order valence-electron chi connectivity index (χ1n) is 8.17. The second-order valence-electron chi connectivity index (χ2n) is 5.89. The molecule has 0 saturated carbocycles. The molecule has 0 amide bonds. The Morgan fingerprint density at radius 3 is 2.08 bits per heavy atom. The van der Waals surface area contributed by atoms with Gasteiger partial charge in [0.1, 0.15) is 11.3 Å². The van der Waals surface area contributed by atoms with Crippen LogP contribution in [0.2, 0.25) is 0 Å². The highest BCUT2D eigenvalue weighted by atomic mass is 16.5. The zero-order valence-corrected chi connectivity index (χ0v) is 14.9. The Hall–Kier alpha value is -3.21. The van der Waals surface area contributed by atoms with Crippen LogP contribution < -0.4 is 4.74 Å². The standard InChI is InChI=1S/C21H20O5/c1-14(2)25-21(24)19(15(3)22)13-16-9-11-18(12-10-16)26-20(23)17-7-5-4-6-8-17/h4-14H,1-3H3/b19-13+. The van der Waals surface area contributed by atoms with Crippen LogP contribution >= 0.6 is 0 Å². The van der Waals surface area contributed by atoms with Gasteiger partial charge in [0, 0.05) is 0 Å². The van der Waals surface area contributed by atoms with Gasteiger partial charge in [0.25, 0.3) is 0 Å². The Bertz CT molecular complexity index is 817. The number of esters is 2. The summed E-state index contributed by atoms with van der Waals surface area (Å²) in [6, 6.07) is 15.1. The molecule has 0 aliphatic rings. The Kier molecular flexibility index (Phi) is 6.44. The summed E-state index contributed by atoms with van der Waals surface area (Å²) in [7, 11) is 0. The van der Waals surface area contributed by atoms with E-state index in [9.17, 15) is 14.4 Å². The third kappa shape index (κ3) is 5.41. The van der Waals surface area contributed by atoms with Crippen LogP contribution in [0.5, 0.6) is 5.75 Å². The Morgan fingerprint density at radius 2 is 1.54 bits per heavy atom. The van der Waals surface area contributed by atoms with Crippen molar-refractivity contribution in [3.05, 3.63) is 71.3 Å². The number of carbonyl (C=O) groups is 3. The molecule has 0 radical (unpaired) electrons. The van der Waals surface area contributed by atoms with Gasteiger partial charge in [-0.3, -0.25) is 4.79 Å². The van der Waals surface area contributed by atoms with E-state index in [2.05, 4.69) is 0 Å². The molecule has 2 rings (SSSR count). The number of hydrogen-bond donors (Lipinski definition) is 0. The molecule has 0 saturated heterocycles. The van der Waals surface area contributed by atoms with Crippen molar-refractivity contribution in [1.82, 2.24) is 0 Å². The lowest BCUT2D eigenvalue weighted by Crippen LogP contribution is -2.17.